The minimum atomic E-state index is -0.878. The smallest absolute Gasteiger partial charge is 0.335 e. The molecule has 1 N–H and O–H groups in total. The first kappa shape index (κ1) is 15.8. The van der Waals surface area contributed by atoms with Crippen LogP contribution >= 0.6 is 0 Å². The molecule has 0 atom stereocenters. The van der Waals surface area contributed by atoms with Crippen molar-refractivity contribution in [3.8, 4) is 0 Å². The van der Waals surface area contributed by atoms with E-state index in [1.165, 1.54) is 25.7 Å². The van der Waals surface area contributed by atoms with Gasteiger partial charge in [-0.2, -0.15) is 0 Å². The summed E-state index contributed by atoms with van der Waals surface area (Å²) in [5.41, 5.74) is 1.11. The first-order valence-electron chi connectivity index (χ1n) is 7.96. The minimum Gasteiger partial charge on any atom is -0.478 e. The summed E-state index contributed by atoms with van der Waals surface area (Å²) in [7, 11) is 0. The second kappa shape index (κ2) is 6.92. The zero-order valence-electron chi connectivity index (χ0n) is 13.3. The molecular weight excluding hydrogens is 264 g/mol. The third kappa shape index (κ3) is 4.19. The zero-order valence-corrected chi connectivity index (χ0v) is 13.3. The van der Waals surface area contributed by atoms with E-state index in [1.807, 2.05) is 6.92 Å². The number of aryl methyl sites for hydroxylation is 1. The van der Waals surface area contributed by atoms with E-state index >= 15 is 0 Å². The fourth-order valence-corrected chi connectivity index (χ4v) is 3.02. The number of anilines is 1. The number of carboxylic acid groups (broad SMARTS) is 1. The molecule has 4 nitrogen and oxygen atoms in total. The Morgan fingerprint density at radius 1 is 1.38 bits per heavy atom. The topological polar surface area (TPSA) is 53.4 Å². The molecule has 2 rings (SSSR count). The fourth-order valence-electron chi connectivity index (χ4n) is 3.02. The lowest BCUT2D eigenvalue weighted by Gasteiger charge is -2.31. The van der Waals surface area contributed by atoms with Gasteiger partial charge in [-0.05, 0) is 44.2 Å². The van der Waals surface area contributed by atoms with Gasteiger partial charge in [0.25, 0.3) is 0 Å². The monoisotopic (exact) mass is 290 g/mol. The number of aromatic carboxylic acids is 1. The molecule has 0 radical (unpaired) electrons. The van der Waals surface area contributed by atoms with Crippen LogP contribution in [-0.4, -0.2) is 28.6 Å². The largest absolute Gasteiger partial charge is 0.478 e. The van der Waals surface area contributed by atoms with E-state index in [-0.39, 0.29) is 0 Å². The Hall–Kier alpha value is -1.58. The summed E-state index contributed by atoms with van der Waals surface area (Å²) in [6.45, 7) is 7.27. The molecule has 21 heavy (non-hydrogen) atoms. The molecule has 1 fully saturated rings. The normalized spacial score (nSPS) is 15.6. The Morgan fingerprint density at radius 3 is 2.62 bits per heavy atom. The van der Waals surface area contributed by atoms with Gasteiger partial charge in [0.2, 0.25) is 0 Å². The number of carbonyl (C=O) groups is 1. The maximum Gasteiger partial charge on any atom is 0.335 e. The summed E-state index contributed by atoms with van der Waals surface area (Å²) >= 11 is 0. The first-order valence-corrected chi connectivity index (χ1v) is 7.96. The van der Waals surface area contributed by atoms with Gasteiger partial charge in [-0.25, -0.2) is 9.78 Å². The van der Waals surface area contributed by atoms with Crippen LogP contribution in [0.2, 0.25) is 0 Å². The SMILES string of the molecule is Cc1cc(C(=O)O)cc(N(CCC(C)C)C2CCCC2)n1. The number of pyridine rings is 1. The second-order valence-electron chi connectivity index (χ2n) is 6.47. The lowest BCUT2D eigenvalue weighted by Crippen LogP contribution is -2.35. The predicted octanol–water partition coefficient (Wildman–Crippen LogP) is 3.88. The van der Waals surface area contributed by atoms with Crippen molar-refractivity contribution in [2.24, 2.45) is 5.92 Å². The van der Waals surface area contributed by atoms with Crippen LogP contribution in [0.5, 0.6) is 0 Å². The second-order valence-corrected chi connectivity index (χ2v) is 6.47. The van der Waals surface area contributed by atoms with E-state index in [9.17, 15) is 9.90 Å². The van der Waals surface area contributed by atoms with Crippen LogP contribution < -0.4 is 4.90 Å². The van der Waals surface area contributed by atoms with Crippen LogP contribution in [0.4, 0.5) is 5.82 Å². The lowest BCUT2D eigenvalue weighted by molar-refractivity contribution is 0.0696. The lowest BCUT2D eigenvalue weighted by atomic mass is 10.1. The highest BCUT2D eigenvalue weighted by Gasteiger charge is 2.24. The Kier molecular flexibility index (Phi) is 5.21. The zero-order chi connectivity index (χ0) is 15.4. The van der Waals surface area contributed by atoms with Crippen molar-refractivity contribution in [3.63, 3.8) is 0 Å². The highest BCUT2D eigenvalue weighted by atomic mass is 16.4. The van der Waals surface area contributed by atoms with Gasteiger partial charge in [0.05, 0.1) is 5.56 Å². The van der Waals surface area contributed by atoms with Gasteiger partial charge in [0.1, 0.15) is 5.82 Å². The molecular formula is C17H26N2O2. The maximum absolute atomic E-state index is 11.3. The maximum atomic E-state index is 11.3. The van der Waals surface area contributed by atoms with Crippen LogP contribution in [-0.2, 0) is 0 Å². The van der Waals surface area contributed by atoms with Crippen molar-refractivity contribution >= 4 is 11.8 Å². The van der Waals surface area contributed by atoms with Crippen LogP contribution in [0, 0.1) is 12.8 Å². The van der Waals surface area contributed by atoms with Crippen LogP contribution in [0.1, 0.15) is 62.0 Å². The van der Waals surface area contributed by atoms with Crippen molar-refractivity contribution in [2.75, 3.05) is 11.4 Å². The summed E-state index contributed by atoms with van der Waals surface area (Å²) < 4.78 is 0. The molecule has 0 bridgehead atoms. The molecule has 1 saturated carbocycles. The van der Waals surface area contributed by atoms with Crippen LogP contribution in [0.25, 0.3) is 0 Å². The third-order valence-corrected chi connectivity index (χ3v) is 4.19. The Balaban J connectivity index is 2.28. The van der Waals surface area contributed by atoms with Crippen molar-refractivity contribution < 1.29 is 9.90 Å². The average molecular weight is 290 g/mol. The van der Waals surface area contributed by atoms with Gasteiger partial charge < -0.3 is 10.0 Å². The molecule has 116 valence electrons. The molecule has 0 aromatic carbocycles. The summed E-state index contributed by atoms with van der Waals surface area (Å²) in [5.74, 6) is 0.592. The standard InChI is InChI=1S/C17H26N2O2/c1-12(2)8-9-19(15-6-4-5-7-15)16-11-14(17(20)21)10-13(3)18-16/h10-12,15H,4-9H2,1-3H3,(H,20,21). The number of carboxylic acids is 1. The van der Waals surface area contributed by atoms with E-state index in [0.717, 1.165) is 24.5 Å². The van der Waals surface area contributed by atoms with E-state index in [2.05, 4.69) is 23.7 Å². The molecule has 1 aliphatic carbocycles. The van der Waals surface area contributed by atoms with Gasteiger partial charge in [0, 0.05) is 18.3 Å². The van der Waals surface area contributed by atoms with Crippen molar-refractivity contribution in [3.05, 3.63) is 23.4 Å². The molecule has 1 aromatic rings. The van der Waals surface area contributed by atoms with Crippen molar-refractivity contribution in [1.82, 2.24) is 4.98 Å². The number of hydrogen-bond donors (Lipinski definition) is 1. The molecule has 0 saturated heterocycles. The molecule has 0 spiro atoms. The van der Waals surface area contributed by atoms with E-state index < -0.39 is 5.97 Å². The Morgan fingerprint density at radius 2 is 2.05 bits per heavy atom. The number of rotatable bonds is 6. The summed E-state index contributed by atoms with van der Waals surface area (Å²) in [4.78, 5) is 18.2. The van der Waals surface area contributed by atoms with Gasteiger partial charge in [-0.15, -0.1) is 0 Å². The summed E-state index contributed by atoms with van der Waals surface area (Å²) in [6.07, 6.45) is 6.02. The molecule has 0 unspecified atom stereocenters. The highest BCUT2D eigenvalue weighted by Crippen LogP contribution is 2.28. The highest BCUT2D eigenvalue weighted by molar-refractivity contribution is 5.88. The fraction of sp³-hybridized carbons (Fsp3) is 0.647. The first-order chi connectivity index (χ1) is 9.97. The molecule has 0 amide bonds. The average Bonchev–Trinajstić information content (AvgIpc) is 2.92. The van der Waals surface area contributed by atoms with Crippen molar-refractivity contribution in [1.29, 1.82) is 0 Å². The molecule has 0 aliphatic heterocycles. The van der Waals surface area contributed by atoms with Crippen molar-refractivity contribution in [2.45, 2.75) is 58.9 Å². The third-order valence-electron chi connectivity index (χ3n) is 4.19. The number of nitrogens with zero attached hydrogens (tertiary/aromatic N) is 2. The number of hydrogen-bond acceptors (Lipinski definition) is 3. The molecule has 1 aromatic heterocycles. The summed E-state index contributed by atoms with van der Waals surface area (Å²) in [5, 5.41) is 9.25. The van der Waals surface area contributed by atoms with E-state index in [4.69, 9.17) is 0 Å². The predicted molar refractivity (Wildman–Crippen MR) is 85.0 cm³/mol. The van der Waals surface area contributed by atoms with Gasteiger partial charge in [-0.3, -0.25) is 0 Å². The quantitative estimate of drug-likeness (QED) is 0.863. The van der Waals surface area contributed by atoms with Gasteiger partial charge in [-0.1, -0.05) is 26.7 Å². The minimum absolute atomic E-state index is 0.338. The van der Waals surface area contributed by atoms with Gasteiger partial charge in [0.15, 0.2) is 0 Å². The van der Waals surface area contributed by atoms with E-state index in [0.29, 0.717) is 17.5 Å². The van der Waals surface area contributed by atoms with E-state index in [1.54, 1.807) is 12.1 Å². The summed E-state index contributed by atoms with van der Waals surface area (Å²) in [6, 6.07) is 3.88. The Bertz CT molecular complexity index is 494. The molecule has 1 aliphatic rings. The number of aromatic nitrogens is 1. The van der Waals surface area contributed by atoms with Crippen LogP contribution in [0.3, 0.4) is 0 Å². The van der Waals surface area contributed by atoms with Gasteiger partial charge >= 0.3 is 5.97 Å². The van der Waals surface area contributed by atoms with Crippen LogP contribution in [0.15, 0.2) is 12.1 Å². The molecule has 1 heterocycles. The molecule has 4 heteroatoms. The Labute approximate surface area is 127 Å².